The minimum Gasteiger partial charge on any atom is -0.417 e. The van der Waals surface area contributed by atoms with Gasteiger partial charge in [0, 0.05) is 11.5 Å². The molecule has 0 fully saturated rings. The number of hydrogen-bond acceptors (Lipinski definition) is 2. The van der Waals surface area contributed by atoms with Crippen LogP contribution in [0, 0.1) is 5.92 Å². The van der Waals surface area contributed by atoms with Gasteiger partial charge >= 0.3 is 0 Å². The van der Waals surface area contributed by atoms with Crippen molar-refractivity contribution in [3.8, 4) is 0 Å². The first-order chi connectivity index (χ1) is 7.53. The quantitative estimate of drug-likeness (QED) is 0.650. The molecule has 0 saturated carbocycles. The van der Waals surface area contributed by atoms with Gasteiger partial charge in [0.2, 0.25) is 0 Å². The fourth-order valence-corrected chi connectivity index (χ4v) is 5.69. The van der Waals surface area contributed by atoms with Crippen molar-refractivity contribution >= 4 is 19.7 Å². The summed E-state index contributed by atoms with van der Waals surface area (Å²) in [4.78, 5) is 1.51. The molecule has 1 atom stereocenters. The Kier molecular flexibility index (Phi) is 5.73. The molecular weight excluding hydrogens is 232 g/mol. The van der Waals surface area contributed by atoms with Crippen LogP contribution in [0.5, 0.6) is 0 Å². The Morgan fingerprint density at radius 3 is 2.75 bits per heavy atom. The maximum absolute atomic E-state index is 6.01. The standard InChI is InChI=1S/C13H24OSSi/c1-5-8-14-16(3,4)11-12(2)10-13-7-6-9-15-13/h6-7,9,12H,5,8,10-11H2,1-4H3. The van der Waals surface area contributed by atoms with Crippen molar-refractivity contribution < 1.29 is 4.43 Å². The van der Waals surface area contributed by atoms with Gasteiger partial charge in [0.15, 0.2) is 8.32 Å². The van der Waals surface area contributed by atoms with Crippen LogP contribution in [0.4, 0.5) is 0 Å². The first kappa shape index (κ1) is 13.9. The maximum atomic E-state index is 6.01. The zero-order chi connectivity index (χ0) is 12.0. The van der Waals surface area contributed by atoms with Crippen LogP contribution in [-0.2, 0) is 10.8 Å². The van der Waals surface area contributed by atoms with Crippen LogP contribution in [-0.4, -0.2) is 14.9 Å². The summed E-state index contributed by atoms with van der Waals surface area (Å²) in [6, 6.07) is 5.65. The van der Waals surface area contributed by atoms with E-state index in [0.717, 1.165) is 18.9 Å². The Morgan fingerprint density at radius 2 is 2.19 bits per heavy atom. The lowest BCUT2D eigenvalue weighted by Crippen LogP contribution is -2.33. The van der Waals surface area contributed by atoms with Crippen LogP contribution >= 0.6 is 11.3 Å². The fourth-order valence-electron chi connectivity index (χ4n) is 2.12. The largest absolute Gasteiger partial charge is 0.417 e. The third-order valence-electron chi connectivity index (χ3n) is 2.67. The van der Waals surface area contributed by atoms with Crippen LogP contribution < -0.4 is 0 Å². The lowest BCUT2D eigenvalue weighted by Gasteiger charge is -2.25. The van der Waals surface area contributed by atoms with Crippen LogP contribution in [0.15, 0.2) is 17.5 Å². The molecule has 0 saturated heterocycles. The zero-order valence-electron chi connectivity index (χ0n) is 11.0. The SMILES string of the molecule is CCCO[Si](C)(C)CC(C)Cc1cccs1. The van der Waals surface area contributed by atoms with Crippen LogP contribution in [0.2, 0.25) is 19.1 Å². The molecule has 0 N–H and O–H groups in total. The van der Waals surface area contributed by atoms with Crippen molar-refractivity contribution in [2.75, 3.05) is 6.61 Å². The molecule has 1 nitrogen and oxygen atoms in total. The van der Waals surface area contributed by atoms with Gasteiger partial charge < -0.3 is 4.43 Å². The third kappa shape index (κ3) is 5.28. The van der Waals surface area contributed by atoms with Gasteiger partial charge in [-0.25, -0.2) is 0 Å². The van der Waals surface area contributed by atoms with E-state index in [1.165, 1.54) is 17.3 Å². The Bertz CT molecular complexity index is 282. The first-order valence-electron chi connectivity index (χ1n) is 6.20. The summed E-state index contributed by atoms with van der Waals surface area (Å²) in [7, 11) is -1.42. The van der Waals surface area contributed by atoms with Crippen molar-refractivity contribution in [2.45, 2.75) is 45.8 Å². The molecule has 0 bridgehead atoms. The lowest BCUT2D eigenvalue weighted by atomic mass is 10.1. The molecule has 0 aliphatic heterocycles. The van der Waals surface area contributed by atoms with Gasteiger partial charge in [-0.3, -0.25) is 0 Å². The molecule has 1 aromatic rings. The van der Waals surface area contributed by atoms with Gasteiger partial charge in [0.25, 0.3) is 0 Å². The minimum absolute atomic E-state index is 0.747. The maximum Gasteiger partial charge on any atom is 0.186 e. The van der Waals surface area contributed by atoms with E-state index in [1.54, 1.807) is 0 Å². The molecule has 0 amide bonds. The van der Waals surface area contributed by atoms with Crippen LogP contribution in [0.1, 0.15) is 25.1 Å². The summed E-state index contributed by atoms with van der Waals surface area (Å²) in [5, 5.41) is 2.16. The van der Waals surface area contributed by atoms with Gasteiger partial charge in [0.1, 0.15) is 0 Å². The molecule has 0 radical (unpaired) electrons. The molecule has 92 valence electrons. The molecule has 1 aromatic heterocycles. The van der Waals surface area contributed by atoms with E-state index in [2.05, 4.69) is 44.5 Å². The molecular formula is C13H24OSSi. The number of hydrogen-bond donors (Lipinski definition) is 0. The van der Waals surface area contributed by atoms with Crippen molar-refractivity contribution in [1.29, 1.82) is 0 Å². The van der Waals surface area contributed by atoms with Crippen LogP contribution in [0.3, 0.4) is 0 Å². The van der Waals surface area contributed by atoms with Crippen molar-refractivity contribution in [2.24, 2.45) is 5.92 Å². The normalized spacial score (nSPS) is 14.0. The van der Waals surface area contributed by atoms with Gasteiger partial charge in [-0.15, -0.1) is 11.3 Å². The van der Waals surface area contributed by atoms with E-state index in [9.17, 15) is 0 Å². The molecule has 0 aliphatic carbocycles. The molecule has 1 heterocycles. The molecule has 16 heavy (non-hydrogen) atoms. The van der Waals surface area contributed by atoms with E-state index in [0.29, 0.717) is 0 Å². The second-order valence-electron chi connectivity index (χ2n) is 5.20. The van der Waals surface area contributed by atoms with Gasteiger partial charge in [-0.2, -0.15) is 0 Å². The minimum atomic E-state index is -1.42. The molecule has 0 aromatic carbocycles. The highest BCUT2D eigenvalue weighted by Crippen LogP contribution is 2.23. The average Bonchev–Trinajstić information content (AvgIpc) is 2.66. The van der Waals surface area contributed by atoms with Gasteiger partial charge in [0.05, 0.1) is 0 Å². The smallest absolute Gasteiger partial charge is 0.186 e. The van der Waals surface area contributed by atoms with Gasteiger partial charge in [-0.1, -0.05) is 19.9 Å². The predicted octanol–water partition coefficient (Wildman–Crippen LogP) is 4.56. The number of rotatable bonds is 7. The topological polar surface area (TPSA) is 9.23 Å². The Labute approximate surface area is 105 Å². The average molecular weight is 256 g/mol. The monoisotopic (exact) mass is 256 g/mol. The summed E-state index contributed by atoms with van der Waals surface area (Å²) >= 11 is 1.87. The second-order valence-corrected chi connectivity index (χ2v) is 10.4. The summed E-state index contributed by atoms with van der Waals surface area (Å²) in [5.74, 6) is 0.747. The fraction of sp³-hybridized carbons (Fsp3) is 0.692. The van der Waals surface area contributed by atoms with Crippen molar-refractivity contribution in [1.82, 2.24) is 0 Å². The zero-order valence-corrected chi connectivity index (χ0v) is 12.8. The van der Waals surface area contributed by atoms with Crippen molar-refractivity contribution in [3.05, 3.63) is 22.4 Å². The summed E-state index contributed by atoms with van der Waals surface area (Å²) in [6.07, 6.45) is 2.35. The molecule has 1 rings (SSSR count). The lowest BCUT2D eigenvalue weighted by molar-refractivity contribution is 0.301. The molecule has 0 spiro atoms. The Hall–Kier alpha value is -0.123. The summed E-state index contributed by atoms with van der Waals surface area (Å²) < 4.78 is 6.01. The van der Waals surface area contributed by atoms with Crippen LogP contribution in [0.25, 0.3) is 0 Å². The Morgan fingerprint density at radius 1 is 1.44 bits per heavy atom. The summed E-state index contributed by atoms with van der Waals surface area (Å²) in [5.41, 5.74) is 0. The highest BCUT2D eigenvalue weighted by molar-refractivity contribution is 7.09. The highest BCUT2D eigenvalue weighted by atomic mass is 32.1. The second kappa shape index (κ2) is 6.57. The molecule has 3 heteroatoms. The number of thiophene rings is 1. The Balaban J connectivity index is 2.35. The van der Waals surface area contributed by atoms with E-state index in [4.69, 9.17) is 4.43 Å². The first-order valence-corrected chi connectivity index (χ1v) is 10.2. The summed E-state index contributed by atoms with van der Waals surface area (Å²) in [6.45, 7) is 10.1. The highest BCUT2D eigenvalue weighted by Gasteiger charge is 2.25. The third-order valence-corrected chi connectivity index (χ3v) is 6.23. The van der Waals surface area contributed by atoms with E-state index in [1.807, 2.05) is 11.3 Å². The van der Waals surface area contributed by atoms with E-state index >= 15 is 0 Å². The molecule has 1 unspecified atom stereocenters. The van der Waals surface area contributed by atoms with Gasteiger partial charge in [-0.05, 0) is 49.3 Å². The predicted molar refractivity (Wildman–Crippen MR) is 75.7 cm³/mol. The van der Waals surface area contributed by atoms with Crippen molar-refractivity contribution in [3.63, 3.8) is 0 Å². The van der Waals surface area contributed by atoms with E-state index in [-0.39, 0.29) is 0 Å². The van der Waals surface area contributed by atoms with E-state index < -0.39 is 8.32 Å². The molecule has 0 aliphatic rings.